The van der Waals surface area contributed by atoms with E-state index < -0.39 is 10.0 Å². The molecule has 4 nitrogen and oxygen atoms in total. The number of nitrogens with one attached hydrogen (secondary N) is 1. The van der Waals surface area contributed by atoms with E-state index >= 15 is 0 Å². The van der Waals surface area contributed by atoms with Crippen LogP contribution in [0.25, 0.3) is 0 Å². The second-order valence-corrected chi connectivity index (χ2v) is 7.56. The van der Waals surface area contributed by atoms with Gasteiger partial charge in [0.1, 0.15) is 0 Å². The highest BCUT2D eigenvalue weighted by atomic mass is 79.9. The molecule has 0 saturated carbocycles. The Kier molecular flexibility index (Phi) is 4.93. The largest absolute Gasteiger partial charge is 0.324 e. The lowest BCUT2D eigenvalue weighted by Gasteiger charge is -2.11. The van der Waals surface area contributed by atoms with Crippen molar-refractivity contribution in [2.24, 2.45) is 5.73 Å². The number of anilines is 1. The average Bonchev–Trinajstić information content (AvgIpc) is 2.42. The molecule has 7 heteroatoms. The van der Waals surface area contributed by atoms with Gasteiger partial charge in [0.2, 0.25) is 0 Å². The van der Waals surface area contributed by atoms with Gasteiger partial charge in [-0.2, -0.15) is 0 Å². The van der Waals surface area contributed by atoms with Crippen LogP contribution in [-0.2, 0) is 10.0 Å². The highest BCUT2D eigenvalue weighted by Gasteiger charge is 2.16. The fourth-order valence-corrected chi connectivity index (χ4v) is 3.72. The van der Waals surface area contributed by atoms with E-state index in [9.17, 15) is 8.42 Å². The summed E-state index contributed by atoms with van der Waals surface area (Å²) in [7, 11) is -3.66. The van der Waals surface area contributed by atoms with Gasteiger partial charge in [-0.05, 0) is 58.7 Å². The first-order valence-electron chi connectivity index (χ1n) is 6.13. The summed E-state index contributed by atoms with van der Waals surface area (Å²) in [6.45, 7) is 1.84. The minimum Gasteiger partial charge on any atom is -0.324 e. The van der Waals surface area contributed by atoms with Gasteiger partial charge in [0.25, 0.3) is 10.0 Å². The summed E-state index contributed by atoms with van der Waals surface area (Å²) < 4.78 is 27.7. The maximum Gasteiger partial charge on any atom is 0.261 e. The Morgan fingerprint density at radius 3 is 2.33 bits per heavy atom. The number of rotatable bonds is 4. The Hall–Kier alpha value is -1.08. The van der Waals surface area contributed by atoms with Gasteiger partial charge >= 0.3 is 0 Å². The van der Waals surface area contributed by atoms with Crippen LogP contribution >= 0.6 is 27.5 Å². The van der Waals surface area contributed by atoms with Crippen molar-refractivity contribution in [3.63, 3.8) is 0 Å². The van der Waals surface area contributed by atoms with Crippen LogP contribution in [0.3, 0.4) is 0 Å². The molecule has 0 aliphatic carbocycles. The minimum absolute atomic E-state index is 0.139. The molecule has 0 aliphatic rings. The van der Waals surface area contributed by atoms with Crippen LogP contribution < -0.4 is 10.5 Å². The molecule has 0 saturated heterocycles. The first kappa shape index (κ1) is 16.3. The fourth-order valence-electron chi connectivity index (χ4n) is 1.73. The normalized spacial score (nSPS) is 13.0. The number of benzene rings is 2. The quantitative estimate of drug-likeness (QED) is 0.832. The van der Waals surface area contributed by atoms with Gasteiger partial charge in [0.15, 0.2) is 0 Å². The highest BCUT2D eigenvalue weighted by molar-refractivity contribution is 9.10. The topological polar surface area (TPSA) is 72.2 Å². The smallest absolute Gasteiger partial charge is 0.261 e. The van der Waals surface area contributed by atoms with E-state index in [0.29, 0.717) is 15.2 Å². The maximum atomic E-state index is 12.3. The number of halogens is 2. The number of hydrogen-bond donors (Lipinski definition) is 2. The zero-order valence-corrected chi connectivity index (χ0v) is 14.3. The van der Waals surface area contributed by atoms with Gasteiger partial charge in [-0.3, -0.25) is 4.72 Å². The van der Waals surface area contributed by atoms with E-state index in [-0.39, 0.29) is 10.9 Å². The van der Waals surface area contributed by atoms with Crippen molar-refractivity contribution in [2.45, 2.75) is 17.9 Å². The van der Waals surface area contributed by atoms with Gasteiger partial charge in [-0.15, -0.1) is 0 Å². The highest BCUT2D eigenvalue weighted by Crippen LogP contribution is 2.28. The molecule has 0 bridgehead atoms. The number of sulfonamides is 1. The molecule has 0 aliphatic heterocycles. The fraction of sp³-hybridized carbons (Fsp3) is 0.143. The summed E-state index contributed by atoms with van der Waals surface area (Å²) in [5.74, 6) is 0. The molecule has 0 amide bonds. The van der Waals surface area contributed by atoms with Crippen molar-refractivity contribution < 1.29 is 8.42 Å². The van der Waals surface area contributed by atoms with Crippen LogP contribution in [0, 0.1) is 0 Å². The third-order valence-electron chi connectivity index (χ3n) is 2.89. The summed E-state index contributed by atoms with van der Waals surface area (Å²) in [6.07, 6.45) is 0. The van der Waals surface area contributed by atoms with Crippen molar-refractivity contribution in [2.75, 3.05) is 4.72 Å². The van der Waals surface area contributed by atoms with Crippen LogP contribution in [0.5, 0.6) is 0 Å². The Morgan fingerprint density at radius 1 is 1.19 bits per heavy atom. The monoisotopic (exact) mass is 388 g/mol. The molecule has 0 spiro atoms. The maximum absolute atomic E-state index is 12.3. The molecule has 2 aromatic carbocycles. The van der Waals surface area contributed by atoms with Gasteiger partial charge < -0.3 is 5.73 Å². The van der Waals surface area contributed by atoms with Crippen LogP contribution in [0.4, 0.5) is 5.69 Å². The lowest BCUT2D eigenvalue weighted by Crippen LogP contribution is -2.13. The molecule has 1 atom stereocenters. The van der Waals surface area contributed by atoms with E-state index in [1.165, 1.54) is 12.1 Å². The Labute approximate surface area is 137 Å². The molecule has 2 rings (SSSR count). The molecule has 0 radical (unpaired) electrons. The summed E-state index contributed by atoms with van der Waals surface area (Å²) in [5, 5.41) is 0.520. The third kappa shape index (κ3) is 3.97. The van der Waals surface area contributed by atoms with E-state index in [4.69, 9.17) is 17.3 Å². The van der Waals surface area contributed by atoms with Crippen LogP contribution in [0.2, 0.25) is 5.02 Å². The molecule has 0 aromatic heterocycles. The van der Waals surface area contributed by atoms with Gasteiger partial charge in [0.05, 0.1) is 10.6 Å². The molecule has 0 heterocycles. The Morgan fingerprint density at radius 2 is 1.81 bits per heavy atom. The molecular weight excluding hydrogens is 376 g/mol. The Balaban J connectivity index is 2.29. The third-order valence-corrected chi connectivity index (χ3v) is 5.16. The molecule has 112 valence electrons. The molecule has 2 aromatic rings. The van der Waals surface area contributed by atoms with Crippen LogP contribution in [0.15, 0.2) is 51.8 Å². The van der Waals surface area contributed by atoms with Gasteiger partial charge in [0, 0.05) is 15.5 Å². The lowest BCUT2D eigenvalue weighted by molar-refractivity contribution is 0.601. The molecule has 1 unspecified atom stereocenters. The Bertz CT molecular complexity index is 746. The minimum atomic E-state index is -3.66. The zero-order valence-electron chi connectivity index (χ0n) is 11.2. The van der Waals surface area contributed by atoms with Gasteiger partial charge in [-0.25, -0.2) is 8.42 Å². The first-order valence-corrected chi connectivity index (χ1v) is 8.78. The summed E-state index contributed by atoms with van der Waals surface area (Å²) in [5.41, 5.74) is 7.05. The molecule has 21 heavy (non-hydrogen) atoms. The summed E-state index contributed by atoms with van der Waals surface area (Å²) >= 11 is 9.11. The SMILES string of the molecule is CC(N)c1ccc(S(=O)(=O)Nc2ccc(Cl)cc2Br)cc1. The predicted octanol–water partition coefficient (Wildman–Crippen LogP) is 3.92. The number of hydrogen-bond acceptors (Lipinski definition) is 3. The second kappa shape index (κ2) is 6.36. The van der Waals surface area contributed by atoms with Crippen LogP contribution in [-0.4, -0.2) is 8.42 Å². The molecule has 3 N–H and O–H groups in total. The standard InChI is InChI=1S/C14H14BrClN2O2S/c1-9(17)10-2-5-12(6-3-10)21(19,20)18-14-7-4-11(16)8-13(14)15/h2-9,18H,17H2,1H3. The van der Waals surface area contributed by atoms with Crippen molar-refractivity contribution in [3.05, 3.63) is 57.5 Å². The van der Waals surface area contributed by atoms with E-state index in [0.717, 1.165) is 5.56 Å². The molecule has 0 fully saturated rings. The van der Waals surface area contributed by atoms with Crippen LogP contribution in [0.1, 0.15) is 18.5 Å². The van der Waals surface area contributed by atoms with Crippen molar-refractivity contribution >= 4 is 43.2 Å². The lowest BCUT2D eigenvalue weighted by atomic mass is 10.1. The summed E-state index contributed by atoms with van der Waals surface area (Å²) in [6, 6.07) is 11.2. The van der Waals surface area contributed by atoms with Crippen molar-refractivity contribution in [1.29, 1.82) is 0 Å². The van der Waals surface area contributed by atoms with Gasteiger partial charge in [-0.1, -0.05) is 23.7 Å². The van der Waals surface area contributed by atoms with Crippen molar-refractivity contribution in [1.82, 2.24) is 0 Å². The second-order valence-electron chi connectivity index (χ2n) is 4.59. The average molecular weight is 390 g/mol. The van der Waals surface area contributed by atoms with Crippen molar-refractivity contribution in [3.8, 4) is 0 Å². The first-order chi connectivity index (χ1) is 9.79. The number of nitrogens with two attached hydrogens (primary N) is 1. The van der Waals surface area contributed by atoms with E-state index in [1.807, 2.05) is 6.92 Å². The zero-order chi connectivity index (χ0) is 15.6. The summed E-state index contributed by atoms with van der Waals surface area (Å²) in [4.78, 5) is 0.175. The van der Waals surface area contributed by atoms with E-state index in [2.05, 4.69) is 20.7 Å². The molecular formula is C14H14BrClN2O2S. The predicted molar refractivity (Wildman–Crippen MR) is 89.0 cm³/mol. The van der Waals surface area contributed by atoms with E-state index in [1.54, 1.807) is 30.3 Å².